The second kappa shape index (κ2) is 8.41. The predicted octanol–water partition coefficient (Wildman–Crippen LogP) is 3.25. The summed E-state index contributed by atoms with van der Waals surface area (Å²) in [4.78, 5) is 15.4. The third-order valence-electron chi connectivity index (χ3n) is 4.88. The zero-order chi connectivity index (χ0) is 18.5. The highest BCUT2D eigenvalue weighted by Gasteiger charge is 2.15. The standard InChI is InChI=1S/C21H25N5O/c1-26(15-18-5-2-4-17-12-22-8-7-20(17)18)14-16-10-23-21(24-11-16)25-13-19-6-3-9-27-19/h2,4-5,7-8,10-12,19H,3,6,9,13-15H2,1H3,(H,23,24,25)/t19-/m0/s1. The molecule has 0 radical (unpaired) electrons. The molecule has 2 aromatic heterocycles. The number of rotatable bonds is 7. The van der Waals surface area contributed by atoms with Crippen molar-refractivity contribution in [3.8, 4) is 0 Å². The average Bonchev–Trinajstić information content (AvgIpc) is 3.21. The molecule has 6 nitrogen and oxygen atoms in total. The van der Waals surface area contributed by atoms with Gasteiger partial charge in [-0.25, -0.2) is 9.97 Å². The van der Waals surface area contributed by atoms with Crippen molar-refractivity contribution >= 4 is 16.7 Å². The number of ether oxygens (including phenoxy) is 1. The first kappa shape index (κ1) is 17.8. The highest BCUT2D eigenvalue weighted by atomic mass is 16.5. The van der Waals surface area contributed by atoms with Crippen LogP contribution in [0.1, 0.15) is 24.0 Å². The van der Waals surface area contributed by atoms with Gasteiger partial charge in [-0.1, -0.05) is 18.2 Å². The Hall–Kier alpha value is -2.57. The van der Waals surface area contributed by atoms with Crippen LogP contribution in [-0.4, -0.2) is 46.2 Å². The van der Waals surface area contributed by atoms with Gasteiger partial charge in [-0.05, 0) is 36.9 Å². The molecule has 0 saturated carbocycles. The lowest BCUT2D eigenvalue weighted by Crippen LogP contribution is -2.20. The van der Waals surface area contributed by atoms with E-state index in [1.807, 2.05) is 24.8 Å². The molecule has 0 amide bonds. The number of benzene rings is 1. The normalized spacial score (nSPS) is 16.9. The lowest BCUT2D eigenvalue weighted by atomic mass is 10.1. The molecule has 27 heavy (non-hydrogen) atoms. The zero-order valence-corrected chi connectivity index (χ0v) is 15.6. The van der Waals surface area contributed by atoms with E-state index in [1.54, 1.807) is 0 Å². The summed E-state index contributed by atoms with van der Waals surface area (Å²) in [6, 6.07) is 8.44. The molecule has 140 valence electrons. The molecule has 0 spiro atoms. The van der Waals surface area contributed by atoms with E-state index in [2.05, 4.69) is 56.5 Å². The third-order valence-corrected chi connectivity index (χ3v) is 4.88. The molecule has 4 rings (SSSR count). The van der Waals surface area contributed by atoms with Crippen LogP contribution in [0, 0.1) is 0 Å². The smallest absolute Gasteiger partial charge is 0.222 e. The second-order valence-electron chi connectivity index (χ2n) is 7.12. The van der Waals surface area contributed by atoms with Gasteiger partial charge < -0.3 is 10.1 Å². The topological polar surface area (TPSA) is 63.2 Å². The molecule has 6 heteroatoms. The SMILES string of the molecule is CN(Cc1cnc(NC[C@@H]2CCCO2)nc1)Cc1cccc2cnccc12. The van der Waals surface area contributed by atoms with E-state index in [-0.39, 0.29) is 6.10 Å². The molecule has 0 unspecified atom stereocenters. The first-order valence-corrected chi connectivity index (χ1v) is 9.44. The van der Waals surface area contributed by atoms with E-state index in [4.69, 9.17) is 4.74 Å². The molecule has 3 aromatic rings. The summed E-state index contributed by atoms with van der Waals surface area (Å²) in [5.74, 6) is 0.665. The van der Waals surface area contributed by atoms with E-state index in [0.29, 0.717) is 5.95 Å². The van der Waals surface area contributed by atoms with Gasteiger partial charge in [0.2, 0.25) is 5.95 Å². The van der Waals surface area contributed by atoms with Crippen LogP contribution < -0.4 is 5.32 Å². The second-order valence-corrected chi connectivity index (χ2v) is 7.12. The predicted molar refractivity (Wildman–Crippen MR) is 106 cm³/mol. The van der Waals surface area contributed by atoms with Gasteiger partial charge in [-0.15, -0.1) is 0 Å². The summed E-state index contributed by atoms with van der Waals surface area (Å²) in [5.41, 5.74) is 2.40. The monoisotopic (exact) mass is 363 g/mol. The molecular formula is C21H25N5O. The average molecular weight is 363 g/mol. The minimum absolute atomic E-state index is 0.287. The van der Waals surface area contributed by atoms with Crippen molar-refractivity contribution in [2.45, 2.75) is 32.0 Å². The van der Waals surface area contributed by atoms with Gasteiger partial charge in [0.25, 0.3) is 0 Å². The third kappa shape index (κ3) is 4.59. The van der Waals surface area contributed by atoms with E-state index in [9.17, 15) is 0 Å². The summed E-state index contributed by atoms with van der Waals surface area (Å²) >= 11 is 0. The van der Waals surface area contributed by atoms with Gasteiger partial charge in [-0.3, -0.25) is 9.88 Å². The first-order chi connectivity index (χ1) is 13.3. The Bertz CT molecular complexity index is 872. The molecule has 1 aliphatic rings. The van der Waals surface area contributed by atoms with Crippen molar-refractivity contribution in [1.29, 1.82) is 0 Å². The molecule has 1 fully saturated rings. The maximum atomic E-state index is 5.61. The lowest BCUT2D eigenvalue weighted by molar-refractivity contribution is 0.120. The summed E-state index contributed by atoms with van der Waals surface area (Å²) in [6.07, 6.45) is 10.1. The van der Waals surface area contributed by atoms with Crippen molar-refractivity contribution in [2.75, 3.05) is 25.5 Å². The minimum atomic E-state index is 0.287. The minimum Gasteiger partial charge on any atom is -0.376 e. The number of pyridine rings is 1. The van der Waals surface area contributed by atoms with Crippen molar-refractivity contribution < 1.29 is 4.74 Å². The van der Waals surface area contributed by atoms with Crippen LogP contribution in [0.4, 0.5) is 5.95 Å². The zero-order valence-electron chi connectivity index (χ0n) is 15.6. The van der Waals surface area contributed by atoms with Crippen LogP contribution in [-0.2, 0) is 17.8 Å². The number of hydrogen-bond donors (Lipinski definition) is 1. The van der Waals surface area contributed by atoms with Crippen LogP contribution in [0.2, 0.25) is 0 Å². The van der Waals surface area contributed by atoms with Gasteiger partial charge >= 0.3 is 0 Å². The number of nitrogens with one attached hydrogen (secondary N) is 1. The molecule has 1 aliphatic heterocycles. The Labute approximate surface area is 159 Å². The van der Waals surface area contributed by atoms with Crippen molar-refractivity contribution in [1.82, 2.24) is 19.9 Å². The largest absolute Gasteiger partial charge is 0.376 e. The lowest BCUT2D eigenvalue weighted by Gasteiger charge is -2.18. The van der Waals surface area contributed by atoms with Crippen LogP contribution in [0.25, 0.3) is 10.8 Å². The fourth-order valence-corrected chi connectivity index (χ4v) is 3.52. The summed E-state index contributed by atoms with van der Waals surface area (Å²) in [6.45, 7) is 3.30. The molecule has 0 aliphatic carbocycles. The Morgan fingerprint density at radius 1 is 1.15 bits per heavy atom. The number of nitrogens with zero attached hydrogens (tertiary/aromatic N) is 4. The number of anilines is 1. The van der Waals surface area contributed by atoms with E-state index in [1.165, 1.54) is 16.3 Å². The van der Waals surface area contributed by atoms with Crippen molar-refractivity contribution in [3.05, 3.63) is 60.2 Å². The van der Waals surface area contributed by atoms with E-state index < -0.39 is 0 Å². The number of fused-ring (bicyclic) bond motifs is 1. The van der Waals surface area contributed by atoms with Crippen LogP contribution in [0.3, 0.4) is 0 Å². The Kier molecular flexibility index (Phi) is 5.55. The summed E-state index contributed by atoms with van der Waals surface area (Å²) in [5, 5.41) is 5.69. The molecule has 1 atom stereocenters. The Balaban J connectivity index is 1.34. The maximum Gasteiger partial charge on any atom is 0.222 e. The van der Waals surface area contributed by atoms with Gasteiger partial charge in [0.1, 0.15) is 0 Å². The first-order valence-electron chi connectivity index (χ1n) is 9.44. The fourth-order valence-electron chi connectivity index (χ4n) is 3.52. The Morgan fingerprint density at radius 3 is 2.85 bits per heavy atom. The molecule has 1 saturated heterocycles. The van der Waals surface area contributed by atoms with Crippen LogP contribution >= 0.6 is 0 Å². The van der Waals surface area contributed by atoms with Crippen LogP contribution in [0.5, 0.6) is 0 Å². The van der Waals surface area contributed by atoms with Gasteiger partial charge in [0.15, 0.2) is 0 Å². The van der Waals surface area contributed by atoms with E-state index >= 15 is 0 Å². The van der Waals surface area contributed by atoms with Gasteiger partial charge in [0, 0.05) is 62.0 Å². The summed E-state index contributed by atoms with van der Waals surface area (Å²) in [7, 11) is 2.11. The number of aromatic nitrogens is 3. The molecule has 3 heterocycles. The fraction of sp³-hybridized carbons (Fsp3) is 0.381. The van der Waals surface area contributed by atoms with Crippen LogP contribution in [0.15, 0.2) is 49.1 Å². The summed E-state index contributed by atoms with van der Waals surface area (Å²) < 4.78 is 5.61. The van der Waals surface area contributed by atoms with Gasteiger partial charge in [-0.2, -0.15) is 0 Å². The number of hydrogen-bond acceptors (Lipinski definition) is 6. The van der Waals surface area contributed by atoms with Crippen molar-refractivity contribution in [2.24, 2.45) is 0 Å². The van der Waals surface area contributed by atoms with Gasteiger partial charge in [0.05, 0.1) is 6.10 Å². The van der Waals surface area contributed by atoms with E-state index in [0.717, 1.165) is 44.6 Å². The quantitative estimate of drug-likeness (QED) is 0.695. The molecular weight excluding hydrogens is 338 g/mol. The highest BCUT2D eigenvalue weighted by molar-refractivity contribution is 5.84. The van der Waals surface area contributed by atoms with Crippen molar-refractivity contribution in [3.63, 3.8) is 0 Å². The molecule has 1 aromatic carbocycles. The Morgan fingerprint density at radius 2 is 2.04 bits per heavy atom. The molecule has 0 bridgehead atoms. The molecule has 1 N–H and O–H groups in total. The maximum absolute atomic E-state index is 5.61. The highest BCUT2D eigenvalue weighted by Crippen LogP contribution is 2.19.